The van der Waals surface area contributed by atoms with Gasteiger partial charge < -0.3 is 20.1 Å². The van der Waals surface area contributed by atoms with Crippen molar-refractivity contribution in [2.24, 2.45) is 0 Å². The molecule has 0 saturated heterocycles. The molecular weight excluding hydrogens is 496 g/mol. The van der Waals surface area contributed by atoms with E-state index < -0.39 is 5.97 Å². The zero-order valence-corrected chi connectivity index (χ0v) is 25.3. The number of aliphatic hydroxyl groups excluding tert-OH is 2. The fourth-order valence-electron chi connectivity index (χ4n) is 4.83. The van der Waals surface area contributed by atoms with Crippen LogP contribution < -0.4 is 0 Å². The first-order valence-electron chi connectivity index (χ1n) is 16.1. The van der Waals surface area contributed by atoms with Crippen LogP contribution in [-0.2, 0) is 14.3 Å². The van der Waals surface area contributed by atoms with Crippen LogP contribution in [0.2, 0.25) is 0 Å². The number of carbonyl (C=O) groups is 2. The van der Waals surface area contributed by atoms with Gasteiger partial charge in [-0.1, -0.05) is 84.0 Å². The quantitative estimate of drug-likeness (QED) is 0.0741. The third kappa shape index (κ3) is 28.1. The van der Waals surface area contributed by atoms with E-state index in [1.165, 1.54) is 32.1 Å². The Morgan fingerprint density at radius 2 is 0.974 bits per heavy atom. The lowest BCUT2D eigenvalue weighted by atomic mass is 10.1. The van der Waals surface area contributed by atoms with E-state index in [-0.39, 0.29) is 25.6 Å². The third-order valence-electron chi connectivity index (χ3n) is 7.30. The molecule has 0 aromatic rings. The third-order valence-corrected chi connectivity index (χ3v) is 7.30. The van der Waals surface area contributed by atoms with Crippen LogP contribution in [0, 0.1) is 0 Å². The van der Waals surface area contributed by atoms with Crippen molar-refractivity contribution >= 4 is 11.9 Å². The Morgan fingerprint density at radius 3 is 1.46 bits per heavy atom. The molecule has 0 atom stereocenters. The molecule has 0 fully saturated rings. The minimum absolute atomic E-state index is 0.0549. The van der Waals surface area contributed by atoms with Gasteiger partial charge in [-0.25, -0.2) is 0 Å². The number of nitrogens with zero attached hydrogens (tertiary/aromatic N) is 2. The maximum absolute atomic E-state index is 11.9. The zero-order valence-electron chi connectivity index (χ0n) is 25.3. The lowest BCUT2D eigenvalue weighted by Gasteiger charge is -2.27. The van der Waals surface area contributed by atoms with E-state index in [0.717, 1.165) is 103 Å². The lowest BCUT2D eigenvalue weighted by Crippen LogP contribution is -2.38. The van der Waals surface area contributed by atoms with Gasteiger partial charge in [0.05, 0.1) is 19.8 Å². The molecule has 0 radical (unpaired) electrons. The summed E-state index contributed by atoms with van der Waals surface area (Å²) in [5.74, 6) is -0.775. The van der Waals surface area contributed by atoms with Crippen molar-refractivity contribution in [2.45, 2.75) is 129 Å². The number of carboxylic acid groups (broad SMARTS) is 1. The summed E-state index contributed by atoms with van der Waals surface area (Å²) in [5.41, 5.74) is 0. The molecule has 0 aliphatic carbocycles. The Bertz CT molecular complexity index is 549. The van der Waals surface area contributed by atoms with Crippen LogP contribution in [0.5, 0.6) is 0 Å². The number of ether oxygens (including phenoxy) is 1. The zero-order chi connectivity index (χ0) is 28.8. The van der Waals surface area contributed by atoms with Crippen LogP contribution in [0.25, 0.3) is 0 Å². The Kier molecular flexibility index (Phi) is 28.8. The summed E-state index contributed by atoms with van der Waals surface area (Å²) < 4.78 is 5.37. The van der Waals surface area contributed by atoms with Gasteiger partial charge in [0.25, 0.3) is 0 Å². The van der Waals surface area contributed by atoms with Gasteiger partial charge in [-0.05, 0) is 45.2 Å². The van der Waals surface area contributed by atoms with Gasteiger partial charge in [0, 0.05) is 39.0 Å². The summed E-state index contributed by atoms with van der Waals surface area (Å²) in [6.07, 6.45) is 19.5. The summed E-state index contributed by atoms with van der Waals surface area (Å²) in [6.45, 7) is 8.07. The highest BCUT2D eigenvalue weighted by atomic mass is 16.5. The molecule has 0 spiro atoms. The van der Waals surface area contributed by atoms with Crippen molar-refractivity contribution in [3.63, 3.8) is 0 Å². The number of esters is 1. The van der Waals surface area contributed by atoms with Gasteiger partial charge >= 0.3 is 11.9 Å². The van der Waals surface area contributed by atoms with E-state index in [9.17, 15) is 19.8 Å². The van der Waals surface area contributed by atoms with Crippen molar-refractivity contribution in [1.29, 1.82) is 0 Å². The van der Waals surface area contributed by atoms with Crippen LogP contribution in [0.3, 0.4) is 0 Å². The highest BCUT2D eigenvalue weighted by molar-refractivity contribution is 5.69. The second-order valence-electron chi connectivity index (χ2n) is 10.9. The fraction of sp³-hybridized carbons (Fsp3) is 0.935. The molecule has 0 aliphatic heterocycles. The number of carbonyl (C=O) groups excluding carboxylic acids is 1. The van der Waals surface area contributed by atoms with E-state index in [1.807, 2.05) is 0 Å². The second kappa shape index (κ2) is 29.8. The van der Waals surface area contributed by atoms with Crippen molar-refractivity contribution < 1.29 is 29.6 Å². The maximum atomic E-state index is 11.9. The maximum Gasteiger partial charge on any atom is 0.305 e. The minimum atomic E-state index is -0.720. The molecule has 39 heavy (non-hydrogen) atoms. The summed E-state index contributed by atoms with van der Waals surface area (Å²) in [7, 11) is 0. The number of hydrogen-bond donors (Lipinski definition) is 3. The van der Waals surface area contributed by atoms with Crippen molar-refractivity contribution in [1.82, 2.24) is 9.80 Å². The standard InChI is InChI=1S/C31H62N2O6/c1-2-3-4-5-6-13-18-29-39-31(38)20-15-10-8-12-17-22-33(26-28-35)24-23-32(25-27-34)21-16-11-7-9-14-19-30(36)37/h34-35H,2-29H2,1H3,(H,36,37). The number of carboxylic acids is 1. The SMILES string of the molecule is CCCCCCCCCOC(=O)CCCCCCCN(CCO)CCN(CCO)CCCCCCCC(=O)O. The van der Waals surface area contributed by atoms with E-state index >= 15 is 0 Å². The minimum Gasteiger partial charge on any atom is -0.481 e. The molecule has 0 aromatic carbocycles. The molecule has 0 heterocycles. The highest BCUT2D eigenvalue weighted by Gasteiger charge is 2.09. The summed E-state index contributed by atoms with van der Waals surface area (Å²) in [4.78, 5) is 27.1. The summed E-state index contributed by atoms with van der Waals surface area (Å²) >= 11 is 0. The Morgan fingerprint density at radius 1 is 0.538 bits per heavy atom. The lowest BCUT2D eigenvalue weighted by molar-refractivity contribution is -0.144. The largest absolute Gasteiger partial charge is 0.481 e. The molecule has 0 aliphatic rings. The van der Waals surface area contributed by atoms with E-state index in [2.05, 4.69) is 16.7 Å². The van der Waals surface area contributed by atoms with Crippen LogP contribution in [-0.4, -0.2) is 96.1 Å². The molecule has 232 valence electrons. The van der Waals surface area contributed by atoms with Gasteiger partial charge in [-0.15, -0.1) is 0 Å². The molecule has 3 N–H and O–H groups in total. The topological polar surface area (TPSA) is 111 Å². The predicted molar refractivity (Wildman–Crippen MR) is 159 cm³/mol. The van der Waals surface area contributed by atoms with Crippen LogP contribution in [0.1, 0.15) is 129 Å². The summed E-state index contributed by atoms with van der Waals surface area (Å²) in [5, 5.41) is 27.6. The average Bonchev–Trinajstić information content (AvgIpc) is 2.91. The fourth-order valence-corrected chi connectivity index (χ4v) is 4.83. The molecule has 0 bridgehead atoms. The van der Waals surface area contributed by atoms with Crippen molar-refractivity contribution in [2.75, 3.05) is 59.1 Å². The van der Waals surface area contributed by atoms with Gasteiger partial charge in [-0.3, -0.25) is 19.4 Å². The highest BCUT2D eigenvalue weighted by Crippen LogP contribution is 2.10. The molecule has 0 rings (SSSR count). The second-order valence-corrected chi connectivity index (χ2v) is 10.9. The molecule has 0 saturated carbocycles. The number of aliphatic hydroxyl groups is 2. The first-order chi connectivity index (χ1) is 19.0. The van der Waals surface area contributed by atoms with Crippen molar-refractivity contribution in [3.05, 3.63) is 0 Å². The first-order valence-corrected chi connectivity index (χ1v) is 16.1. The average molecular weight is 559 g/mol. The number of rotatable bonds is 31. The van der Waals surface area contributed by atoms with Gasteiger partial charge in [0.2, 0.25) is 0 Å². The molecule has 0 amide bonds. The van der Waals surface area contributed by atoms with E-state index in [4.69, 9.17) is 9.84 Å². The van der Waals surface area contributed by atoms with Crippen LogP contribution in [0.15, 0.2) is 0 Å². The monoisotopic (exact) mass is 558 g/mol. The molecule has 8 nitrogen and oxygen atoms in total. The summed E-state index contributed by atoms with van der Waals surface area (Å²) in [6, 6.07) is 0. The van der Waals surface area contributed by atoms with E-state index in [0.29, 0.717) is 26.1 Å². The normalized spacial score (nSPS) is 11.5. The van der Waals surface area contributed by atoms with Gasteiger partial charge in [0.1, 0.15) is 0 Å². The smallest absolute Gasteiger partial charge is 0.305 e. The van der Waals surface area contributed by atoms with Gasteiger partial charge in [0.15, 0.2) is 0 Å². The first kappa shape index (κ1) is 37.8. The van der Waals surface area contributed by atoms with Crippen LogP contribution in [0.4, 0.5) is 0 Å². The Balaban J connectivity index is 3.83. The van der Waals surface area contributed by atoms with E-state index in [1.54, 1.807) is 0 Å². The number of unbranched alkanes of at least 4 members (excludes halogenated alkanes) is 14. The Labute approximate surface area is 239 Å². The van der Waals surface area contributed by atoms with Gasteiger partial charge in [-0.2, -0.15) is 0 Å². The Hall–Kier alpha value is -1.22. The molecule has 0 unspecified atom stereocenters. The van der Waals surface area contributed by atoms with Crippen molar-refractivity contribution in [3.8, 4) is 0 Å². The molecule has 8 heteroatoms. The predicted octanol–water partition coefficient (Wildman–Crippen LogP) is 5.63. The molecular formula is C31H62N2O6. The number of aliphatic carboxylic acids is 1. The molecule has 0 aromatic heterocycles. The van der Waals surface area contributed by atoms with Crippen LogP contribution >= 0.6 is 0 Å². The number of hydrogen-bond acceptors (Lipinski definition) is 7.